The zero-order valence-electron chi connectivity index (χ0n) is 14.6. The smallest absolute Gasteiger partial charge is 0.325 e. The van der Waals surface area contributed by atoms with Crippen molar-refractivity contribution in [2.45, 2.75) is 71.4 Å². The summed E-state index contributed by atoms with van der Waals surface area (Å²) >= 11 is 0. The molecule has 1 heterocycles. The quantitative estimate of drug-likeness (QED) is 0.700. The molecule has 1 aliphatic rings. The van der Waals surface area contributed by atoms with Crippen LogP contribution in [-0.4, -0.2) is 49.2 Å². The third-order valence-corrected chi connectivity index (χ3v) is 5.03. The normalized spacial score (nSPS) is 26.3. The molecule has 0 bridgehead atoms. The molecule has 3 unspecified atom stereocenters. The molecule has 21 heavy (non-hydrogen) atoms. The summed E-state index contributed by atoms with van der Waals surface area (Å²) in [5.74, 6) is 0.639. The first kappa shape index (κ1) is 18.4. The molecule has 124 valence electrons. The van der Waals surface area contributed by atoms with Gasteiger partial charge in [0.1, 0.15) is 5.54 Å². The maximum atomic E-state index is 12.0. The number of nitrogens with zero attached hydrogens (tertiary/aromatic N) is 1. The Morgan fingerprint density at radius 2 is 2.14 bits per heavy atom. The fraction of sp³-hybridized carbons (Fsp3) is 0.941. The van der Waals surface area contributed by atoms with Crippen LogP contribution in [0.5, 0.6) is 0 Å². The zero-order chi connectivity index (χ0) is 15.9. The first-order valence-electron chi connectivity index (χ1n) is 8.52. The number of carbonyl (C=O) groups is 1. The Bertz CT molecular complexity index is 322. The molecular weight excluding hydrogens is 264 g/mol. The maximum Gasteiger partial charge on any atom is 0.325 e. The molecule has 0 aromatic heterocycles. The molecule has 0 radical (unpaired) electrons. The Morgan fingerprint density at radius 3 is 2.76 bits per heavy atom. The highest BCUT2D eigenvalue weighted by molar-refractivity contribution is 5.80. The van der Waals surface area contributed by atoms with Crippen LogP contribution in [0, 0.1) is 5.92 Å². The lowest BCUT2D eigenvalue weighted by molar-refractivity contribution is -0.148. The number of carbonyl (C=O) groups excluding carboxylic acids is 1. The van der Waals surface area contributed by atoms with Crippen LogP contribution in [0.4, 0.5) is 0 Å². The maximum absolute atomic E-state index is 12.0. The van der Waals surface area contributed by atoms with Gasteiger partial charge in [0.05, 0.1) is 7.11 Å². The minimum Gasteiger partial charge on any atom is -0.468 e. The average molecular weight is 298 g/mol. The second-order valence-corrected chi connectivity index (χ2v) is 6.75. The molecule has 1 saturated heterocycles. The van der Waals surface area contributed by atoms with Gasteiger partial charge >= 0.3 is 5.97 Å². The van der Waals surface area contributed by atoms with Crippen molar-refractivity contribution in [3.05, 3.63) is 0 Å². The van der Waals surface area contributed by atoms with E-state index in [1.165, 1.54) is 26.5 Å². The lowest BCUT2D eigenvalue weighted by Crippen LogP contribution is -2.51. The zero-order valence-corrected chi connectivity index (χ0v) is 14.6. The summed E-state index contributed by atoms with van der Waals surface area (Å²) < 4.78 is 4.98. The standard InChI is InChI=1S/C17H34N2O2/c1-6-11-18-17(4,16(20)21-5)10-8-13-19-12-7-9-14(2)15(19)3/h14-15,18H,6-13H2,1-5H3. The second kappa shape index (κ2) is 8.74. The summed E-state index contributed by atoms with van der Waals surface area (Å²) in [6.07, 6.45) is 5.52. The van der Waals surface area contributed by atoms with Crippen LogP contribution in [-0.2, 0) is 9.53 Å². The Morgan fingerprint density at radius 1 is 1.43 bits per heavy atom. The summed E-state index contributed by atoms with van der Waals surface area (Å²) in [4.78, 5) is 14.6. The van der Waals surface area contributed by atoms with E-state index < -0.39 is 5.54 Å². The molecule has 4 nitrogen and oxygen atoms in total. The van der Waals surface area contributed by atoms with Gasteiger partial charge < -0.3 is 15.0 Å². The first-order valence-corrected chi connectivity index (χ1v) is 8.52. The van der Waals surface area contributed by atoms with Crippen LogP contribution in [0.25, 0.3) is 0 Å². The number of ether oxygens (including phenoxy) is 1. The molecule has 1 N–H and O–H groups in total. The van der Waals surface area contributed by atoms with E-state index in [1.807, 2.05) is 6.92 Å². The molecule has 0 aromatic carbocycles. The van der Waals surface area contributed by atoms with Gasteiger partial charge in [-0.2, -0.15) is 0 Å². The van der Waals surface area contributed by atoms with Crippen molar-refractivity contribution < 1.29 is 9.53 Å². The average Bonchev–Trinajstić information content (AvgIpc) is 2.48. The van der Waals surface area contributed by atoms with Crippen LogP contribution in [0.3, 0.4) is 0 Å². The van der Waals surface area contributed by atoms with Gasteiger partial charge in [0.15, 0.2) is 0 Å². The molecule has 0 aromatic rings. The highest BCUT2D eigenvalue weighted by Gasteiger charge is 2.33. The van der Waals surface area contributed by atoms with E-state index in [2.05, 4.69) is 31.0 Å². The van der Waals surface area contributed by atoms with E-state index in [0.29, 0.717) is 6.04 Å². The molecule has 4 heteroatoms. The number of methoxy groups -OCH3 is 1. The van der Waals surface area contributed by atoms with Crippen molar-refractivity contribution in [2.75, 3.05) is 26.7 Å². The summed E-state index contributed by atoms with van der Waals surface area (Å²) in [6.45, 7) is 11.9. The molecule has 1 rings (SSSR count). The largest absolute Gasteiger partial charge is 0.468 e. The minimum atomic E-state index is -0.546. The predicted molar refractivity (Wildman–Crippen MR) is 87.4 cm³/mol. The number of hydrogen-bond acceptors (Lipinski definition) is 4. The molecule has 0 saturated carbocycles. The summed E-state index contributed by atoms with van der Waals surface area (Å²) in [7, 11) is 1.47. The van der Waals surface area contributed by atoms with Gasteiger partial charge in [0.25, 0.3) is 0 Å². The SMILES string of the molecule is CCCNC(C)(CCCN1CCCC(C)C1C)C(=O)OC. The molecule has 3 atom stereocenters. The topological polar surface area (TPSA) is 41.6 Å². The Hall–Kier alpha value is -0.610. The van der Waals surface area contributed by atoms with Crippen molar-refractivity contribution in [1.29, 1.82) is 0 Å². The van der Waals surface area contributed by atoms with Crippen molar-refractivity contribution in [3.8, 4) is 0 Å². The Labute approximate surface area is 130 Å². The monoisotopic (exact) mass is 298 g/mol. The van der Waals surface area contributed by atoms with Crippen molar-refractivity contribution in [1.82, 2.24) is 10.2 Å². The van der Waals surface area contributed by atoms with Gasteiger partial charge in [0.2, 0.25) is 0 Å². The van der Waals surface area contributed by atoms with Crippen LogP contribution in [0.15, 0.2) is 0 Å². The van der Waals surface area contributed by atoms with Gasteiger partial charge in [-0.1, -0.05) is 13.8 Å². The van der Waals surface area contributed by atoms with Gasteiger partial charge in [-0.15, -0.1) is 0 Å². The fourth-order valence-electron chi connectivity index (χ4n) is 3.26. The number of piperidine rings is 1. The van der Waals surface area contributed by atoms with Gasteiger partial charge in [-0.25, -0.2) is 0 Å². The van der Waals surface area contributed by atoms with Crippen LogP contribution in [0.2, 0.25) is 0 Å². The number of rotatable bonds is 8. The van der Waals surface area contributed by atoms with Crippen molar-refractivity contribution in [3.63, 3.8) is 0 Å². The van der Waals surface area contributed by atoms with E-state index in [9.17, 15) is 4.79 Å². The number of nitrogens with one attached hydrogen (secondary N) is 1. The minimum absolute atomic E-state index is 0.143. The third-order valence-electron chi connectivity index (χ3n) is 5.03. The third kappa shape index (κ3) is 5.26. The molecule has 1 aliphatic heterocycles. The van der Waals surface area contributed by atoms with Gasteiger partial charge in [0, 0.05) is 6.04 Å². The second-order valence-electron chi connectivity index (χ2n) is 6.75. The first-order chi connectivity index (χ1) is 9.94. The fourth-order valence-corrected chi connectivity index (χ4v) is 3.26. The number of esters is 1. The molecule has 0 spiro atoms. The van der Waals surface area contributed by atoms with E-state index in [1.54, 1.807) is 0 Å². The Kier molecular flexibility index (Phi) is 7.67. The van der Waals surface area contributed by atoms with E-state index >= 15 is 0 Å². The molecule has 1 fully saturated rings. The predicted octanol–water partition coefficient (Wildman–Crippen LogP) is 2.82. The van der Waals surface area contributed by atoms with Crippen LogP contribution in [0.1, 0.15) is 59.8 Å². The van der Waals surface area contributed by atoms with Gasteiger partial charge in [-0.05, 0) is 71.5 Å². The number of likely N-dealkylation sites (tertiary alicyclic amines) is 1. The van der Waals surface area contributed by atoms with Crippen LogP contribution >= 0.6 is 0 Å². The highest BCUT2D eigenvalue weighted by Crippen LogP contribution is 2.24. The van der Waals surface area contributed by atoms with Gasteiger partial charge in [-0.3, -0.25) is 4.79 Å². The molecular formula is C17H34N2O2. The van der Waals surface area contributed by atoms with Crippen LogP contribution < -0.4 is 5.32 Å². The highest BCUT2D eigenvalue weighted by atomic mass is 16.5. The van der Waals surface area contributed by atoms with Crippen molar-refractivity contribution in [2.24, 2.45) is 5.92 Å². The number of hydrogen-bond donors (Lipinski definition) is 1. The lowest BCUT2D eigenvalue weighted by atomic mass is 9.91. The molecule has 0 aliphatic carbocycles. The lowest BCUT2D eigenvalue weighted by Gasteiger charge is -2.38. The summed E-state index contributed by atoms with van der Waals surface area (Å²) in [5.41, 5.74) is -0.546. The van der Waals surface area contributed by atoms with Crippen molar-refractivity contribution >= 4 is 5.97 Å². The van der Waals surface area contributed by atoms with E-state index in [0.717, 1.165) is 38.3 Å². The Balaban J connectivity index is 2.47. The summed E-state index contributed by atoms with van der Waals surface area (Å²) in [6, 6.07) is 0.659. The van der Waals surface area contributed by atoms with E-state index in [-0.39, 0.29) is 5.97 Å². The van der Waals surface area contributed by atoms with E-state index in [4.69, 9.17) is 4.74 Å². The molecule has 0 amide bonds. The summed E-state index contributed by atoms with van der Waals surface area (Å²) in [5, 5.41) is 3.36.